The highest BCUT2D eigenvalue weighted by molar-refractivity contribution is 7.99. The molecule has 1 fully saturated rings. The summed E-state index contributed by atoms with van der Waals surface area (Å²) in [6.07, 6.45) is 1.90. The summed E-state index contributed by atoms with van der Waals surface area (Å²) < 4.78 is 0. The molecule has 4 nitrogen and oxygen atoms in total. The Labute approximate surface area is 117 Å². The number of aryl methyl sites for hydroxylation is 1. The van der Waals surface area contributed by atoms with Crippen LogP contribution in [-0.2, 0) is 12.8 Å². The number of aromatic nitrogens is 1. The molecule has 0 spiro atoms. The highest BCUT2D eigenvalue weighted by atomic mass is 32.2. The summed E-state index contributed by atoms with van der Waals surface area (Å²) in [6, 6.07) is 0. The van der Waals surface area contributed by atoms with Crippen molar-refractivity contribution >= 4 is 29.1 Å². The van der Waals surface area contributed by atoms with Crippen molar-refractivity contribution in [3.8, 4) is 0 Å². The Hall–Kier alpha value is -0.750. The van der Waals surface area contributed by atoms with Gasteiger partial charge in [-0.25, -0.2) is 4.98 Å². The minimum Gasteiger partial charge on any atom is -0.370 e. The average molecular weight is 284 g/mol. The molecule has 6 heteroatoms. The molecule has 1 aliphatic rings. The summed E-state index contributed by atoms with van der Waals surface area (Å²) in [4.78, 5) is 11.2. The molecule has 0 aromatic carbocycles. The van der Waals surface area contributed by atoms with Crippen LogP contribution >= 0.6 is 23.1 Å². The zero-order valence-corrected chi connectivity index (χ0v) is 12.4. The summed E-state index contributed by atoms with van der Waals surface area (Å²) in [7, 11) is 0. The lowest BCUT2D eigenvalue weighted by Gasteiger charge is -2.27. The third kappa shape index (κ3) is 3.88. The van der Waals surface area contributed by atoms with Crippen LogP contribution in [0, 0.1) is 0 Å². The van der Waals surface area contributed by atoms with E-state index in [2.05, 4.69) is 27.2 Å². The van der Waals surface area contributed by atoms with Gasteiger partial charge in [0.15, 0.2) is 5.96 Å². The first-order valence-electron chi connectivity index (χ1n) is 6.35. The van der Waals surface area contributed by atoms with E-state index >= 15 is 0 Å². The Morgan fingerprint density at radius 3 is 2.94 bits per heavy atom. The van der Waals surface area contributed by atoms with Crippen molar-refractivity contribution in [1.29, 1.82) is 0 Å². The zero-order valence-electron chi connectivity index (χ0n) is 10.8. The van der Waals surface area contributed by atoms with E-state index in [0.717, 1.165) is 49.7 Å². The molecule has 1 aromatic heterocycles. The van der Waals surface area contributed by atoms with E-state index in [4.69, 9.17) is 5.73 Å². The third-order valence-electron chi connectivity index (χ3n) is 2.88. The van der Waals surface area contributed by atoms with E-state index in [0.29, 0.717) is 5.96 Å². The van der Waals surface area contributed by atoms with Gasteiger partial charge in [-0.1, -0.05) is 6.92 Å². The lowest BCUT2D eigenvalue weighted by atomic mass is 10.3. The molecule has 0 unspecified atom stereocenters. The number of rotatable bonds is 4. The Balaban J connectivity index is 1.79. The van der Waals surface area contributed by atoms with Crippen molar-refractivity contribution < 1.29 is 0 Å². The second kappa shape index (κ2) is 6.99. The van der Waals surface area contributed by atoms with Gasteiger partial charge in [-0.05, 0) is 6.42 Å². The van der Waals surface area contributed by atoms with Gasteiger partial charge in [-0.15, -0.1) is 11.3 Å². The number of nitrogens with zero attached hydrogens (tertiary/aromatic N) is 3. The number of aliphatic imine (C=N–C) groups is 1. The molecule has 1 aromatic rings. The standard InChI is InChI=1S/C12H20N4S2/c1-2-11-15-10(9-18-11)3-4-14-12(13)16-5-7-17-8-6-16/h9H,2-8H2,1H3,(H2,13,14). The fourth-order valence-electron chi connectivity index (χ4n) is 1.80. The predicted octanol–water partition coefficient (Wildman–Crippen LogP) is 1.61. The largest absolute Gasteiger partial charge is 0.370 e. The third-order valence-corrected chi connectivity index (χ3v) is 4.86. The van der Waals surface area contributed by atoms with E-state index in [9.17, 15) is 0 Å². The summed E-state index contributed by atoms with van der Waals surface area (Å²) in [6.45, 7) is 4.92. The molecular formula is C12H20N4S2. The van der Waals surface area contributed by atoms with Crippen LogP contribution in [0.15, 0.2) is 10.4 Å². The lowest BCUT2D eigenvalue weighted by Crippen LogP contribution is -2.42. The Kier molecular flexibility index (Phi) is 5.31. The number of thiazole rings is 1. The average Bonchev–Trinajstić information content (AvgIpc) is 2.87. The highest BCUT2D eigenvalue weighted by Gasteiger charge is 2.11. The number of hydrogen-bond donors (Lipinski definition) is 1. The maximum absolute atomic E-state index is 5.99. The van der Waals surface area contributed by atoms with Gasteiger partial charge in [-0.3, -0.25) is 4.99 Å². The minimum absolute atomic E-state index is 0.696. The molecule has 18 heavy (non-hydrogen) atoms. The van der Waals surface area contributed by atoms with Gasteiger partial charge in [0, 0.05) is 42.9 Å². The van der Waals surface area contributed by atoms with E-state index in [1.54, 1.807) is 11.3 Å². The van der Waals surface area contributed by atoms with Crippen LogP contribution < -0.4 is 5.73 Å². The van der Waals surface area contributed by atoms with Crippen molar-refractivity contribution in [3.63, 3.8) is 0 Å². The van der Waals surface area contributed by atoms with Crippen LogP contribution in [0.1, 0.15) is 17.6 Å². The predicted molar refractivity (Wildman–Crippen MR) is 80.6 cm³/mol. The summed E-state index contributed by atoms with van der Waals surface area (Å²) in [5.41, 5.74) is 7.13. The molecule has 0 saturated carbocycles. The van der Waals surface area contributed by atoms with Gasteiger partial charge < -0.3 is 10.6 Å². The Morgan fingerprint density at radius 2 is 2.28 bits per heavy atom. The quantitative estimate of drug-likeness (QED) is 0.674. The van der Waals surface area contributed by atoms with Crippen molar-refractivity contribution in [3.05, 3.63) is 16.1 Å². The van der Waals surface area contributed by atoms with Gasteiger partial charge in [0.1, 0.15) is 0 Å². The van der Waals surface area contributed by atoms with E-state index in [1.807, 2.05) is 11.8 Å². The normalized spacial score (nSPS) is 17.2. The fraction of sp³-hybridized carbons (Fsp3) is 0.667. The van der Waals surface area contributed by atoms with Crippen molar-refractivity contribution in [2.75, 3.05) is 31.1 Å². The number of hydrogen-bond acceptors (Lipinski definition) is 4. The number of thioether (sulfide) groups is 1. The second-order valence-electron chi connectivity index (χ2n) is 4.18. The molecule has 2 N–H and O–H groups in total. The van der Waals surface area contributed by atoms with Gasteiger partial charge in [0.05, 0.1) is 10.7 Å². The molecule has 1 aliphatic heterocycles. The molecule has 2 rings (SSSR count). The molecule has 1 saturated heterocycles. The second-order valence-corrected chi connectivity index (χ2v) is 6.34. The van der Waals surface area contributed by atoms with E-state index < -0.39 is 0 Å². The van der Waals surface area contributed by atoms with Gasteiger partial charge in [0.25, 0.3) is 0 Å². The van der Waals surface area contributed by atoms with Crippen molar-refractivity contribution in [1.82, 2.24) is 9.88 Å². The number of guanidine groups is 1. The SMILES string of the molecule is CCc1nc(CCN=C(N)N2CCSCC2)cs1. The highest BCUT2D eigenvalue weighted by Crippen LogP contribution is 2.11. The van der Waals surface area contributed by atoms with Crippen LogP contribution in [0.4, 0.5) is 0 Å². The van der Waals surface area contributed by atoms with E-state index in [1.165, 1.54) is 5.01 Å². The smallest absolute Gasteiger partial charge is 0.191 e. The number of nitrogens with two attached hydrogens (primary N) is 1. The first-order chi connectivity index (χ1) is 8.79. The van der Waals surface area contributed by atoms with E-state index in [-0.39, 0.29) is 0 Å². The fourth-order valence-corrected chi connectivity index (χ4v) is 3.49. The van der Waals surface area contributed by atoms with Crippen LogP contribution in [0.3, 0.4) is 0 Å². The molecule has 0 radical (unpaired) electrons. The monoisotopic (exact) mass is 284 g/mol. The maximum atomic E-state index is 5.99. The van der Waals surface area contributed by atoms with Gasteiger partial charge in [-0.2, -0.15) is 11.8 Å². The first-order valence-corrected chi connectivity index (χ1v) is 8.39. The van der Waals surface area contributed by atoms with Crippen LogP contribution in [-0.4, -0.2) is 47.0 Å². The molecule has 0 atom stereocenters. The molecule has 2 heterocycles. The van der Waals surface area contributed by atoms with Gasteiger partial charge >= 0.3 is 0 Å². The first kappa shape index (κ1) is 13.7. The zero-order chi connectivity index (χ0) is 12.8. The Morgan fingerprint density at radius 1 is 1.50 bits per heavy atom. The molecule has 0 aliphatic carbocycles. The van der Waals surface area contributed by atoms with Gasteiger partial charge in [0.2, 0.25) is 0 Å². The van der Waals surface area contributed by atoms with Crippen LogP contribution in [0.5, 0.6) is 0 Å². The molecule has 100 valence electrons. The topological polar surface area (TPSA) is 54.5 Å². The minimum atomic E-state index is 0.696. The van der Waals surface area contributed by atoms with Crippen LogP contribution in [0.25, 0.3) is 0 Å². The summed E-state index contributed by atoms with van der Waals surface area (Å²) in [5.74, 6) is 3.01. The van der Waals surface area contributed by atoms with Crippen molar-refractivity contribution in [2.45, 2.75) is 19.8 Å². The van der Waals surface area contributed by atoms with Crippen molar-refractivity contribution in [2.24, 2.45) is 10.7 Å². The lowest BCUT2D eigenvalue weighted by molar-refractivity contribution is 0.456. The summed E-state index contributed by atoms with van der Waals surface area (Å²) in [5, 5.41) is 3.33. The van der Waals surface area contributed by atoms with Crippen LogP contribution in [0.2, 0.25) is 0 Å². The maximum Gasteiger partial charge on any atom is 0.191 e. The molecule has 0 bridgehead atoms. The summed E-state index contributed by atoms with van der Waals surface area (Å²) >= 11 is 3.71. The molecular weight excluding hydrogens is 264 g/mol. The Bertz CT molecular complexity index is 397. The molecule has 0 amide bonds.